The molecule has 1 aliphatic rings. The molecule has 0 spiro atoms. The SMILES string of the molecule is CC(C)CCN(C1CC1)C(CN)c1cccc(Cl)c1. The van der Waals surface area contributed by atoms with Crippen molar-refractivity contribution in [2.45, 2.75) is 45.2 Å². The van der Waals surface area contributed by atoms with Crippen molar-refractivity contribution < 1.29 is 0 Å². The van der Waals surface area contributed by atoms with Crippen LogP contribution in [0.5, 0.6) is 0 Å². The van der Waals surface area contributed by atoms with Crippen molar-refractivity contribution in [3.05, 3.63) is 34.9 Å². The molecular weight excluding hydrogens is 256 g/mol. The summed E-state index contributed by atoms with van der Waals surface area (Å²) in [6.07, 6.45) is 3.86. The van der Waals surface area contributed by atoms with Gasteiger partial charge in [0.1, 0.15) is 0 Å². The van der Waals surface area contributed by atoms with E-state index in [1.807, 2.05) is 12.1 Å². The van der Waals surface area contributed by atoms with Gasteiger partial charge in [-0.3, -0.25) is 4.90 Å². The van der Waals surface area contributed by atoms with Crippen molar-refractivity contribution in [1.82, 2.24) is 4.90 Å². The van der Waals surface area contributed by atoms with Crippen LogP contribution in [-0.4, -0.2) is 24.0 Å². The zero-order valence-corrected chi connectivity index (χ0v) is 12.7. The maximum Gasteiger partial charge on any atom is 0.0473 e. The van der Waals surface area contributed by atoms with E-state index < -0.39 is 0 Å². The minimum atomic E-state index is 0.310. The summed E-state index contributed by atoms with van der Waals surface area (Å²) < 4.78 is 0. The Morgan fingerprint density at radius 1 is 1.37 bits per heavy atom. The lowest BCUT2D eigenvalue weighted by atomic mass is 10.0. The Labute approximate surface area is 121 Å². The molecule has 0 radical (unpaired) electrons. The summed E-state index contributed by atoms with van der Waals surface area (Å²) in [5.74, 6) is 0.735. The van der Waals surface area contributed by atoms with Gasteiger partial charge >= 0.3 is 0 Å². The molecule has 1 aliphatic carbocycles. The number of nitrogens with zero attached hydrogens (tertiary/aromatic N) is 1. The Balaban J connectivity index is 2.12. The predicted octanol–water partition coefficient (Wildman–Crippen LogP) is 3.85. The van der Waals surface area contributed by atoms with E-state index in [2.05, 4.69) is 30.9 Å². The Morgan fingerprint density at radius 2 is 2.11 bits per heavy atom. The highest BCUT2D eigenvalue weighted by Gasteiger charge is 2.33. The second-order valence-electron chi connectivity index (χ2n) is 5.96. The normalized spacial score (nSPS) is 17.2. The van der Waals surface area contributed by atoms with Gasteiger partial charge < -0.3 is 5.73 Å². The summed E-state index contributed by atoms with van der Waals surface area (Å²) in [6, 6.07) is 9.19. The van der Waals surface area contributed by atoms with Gasteiger partial charge in [-0.15, -0.1) is 0 Å². The number of hydrogen-bond donors (Lipinski definition) is 1. The molecular formula is C16H25ClN2. The van der Waals surface area contributed by atoms with Gasteiger partial charge in [-0.25, -0.2) is 0 Å². The van der Waals surface area contributed by atoms with Gasteiger partial charge in [0.05, 0.1) is 0 Å². The number of hydrogen-bond acceptors (Lipinski definition) is 2. The Hall–Kier alpha value is -0.570. The fourth-order valence-corrected chi connectivity index (χ4v) is 2.78. The number of nitrogens with two attached hydrogens (primary N) is 1. The summed E-state index contributed by atoms with van der Waals surface area (Å²) in [4.78, 5) is 2.59. The Morgan fingerprint density at radius 3 is 2.63 bits per heavy atom. The quantitative estimate of drug-likeness (QED) is 0.822. The summed E-state index contributed by atoms with van der Waals surface area (Å²) >= 11 is 6.11. The first-order chi connectivity index (χ1) is 9.11. The molecule has 1 aromatic carbocycles. The molecule has 2 N–H and O–H groups in total. The smallest absolute Gasteiger partial charge is 0.0473 e. The molecule has 1 atom stereocenters. The van der Waals surface area contributed by atoms with Gasteiger partial charge in [0, 0.05) is 23.7 Å². The second kappa shape index (κ2) is 6.74. The summed E-state index contributed by atoms with van der Waals surface area (Å²) in [5.41, 5.74) is 7.30. The first kappa shape index (κ1) is 14.8. The van der Waals surface area contributed by atoms with Gasteiger partial charge in [0.2, 0.25) is 0 Å². The predicted molar refractivity (Wildman–Crippen MR) is 82.4 cm³/mol. The van der Waals surface area contributed by atoms with Crippen LogP contribution in [0.3, 0.4) is 0 Å². The topological polar surface area (TPSA) is 29.3 Å². The van der Waals surface area contributed by atoms with E-state index in [1.54, 1.807) is 0 Å². The number of halogens is 1. The van der Waals surface area contributed by atoms with Crippen LogP contribution in [0.25, 0.3) is 0 Å². The highest BCUT2D eigenvalue weighted by atomic mass is 35.5. The van der Waals surface area contributed by atoms with E-state index in [0.717, 1.165) is 23.5 Å². The molecule has 0 aromatic heterocycles. The van der Waals surface area contributed by atoms with Gasteiger partial charge in [-0.1, -0.05) is 37.6 Å². The molecule has 2 nitrogen and oxygen atoms in total. The summed E-state index contributed by atoms with van der Waals surface area (Å²) in [7, 11) is 0. The van der Waals surface area contributed by atoms with Crippen LogP contribution < -0.4 is 5.73 Å². The molecule has 106 valence electrons. The van der Waals surface area contributed by atoms with Gasteiger partial charge in [-0.05, 0) is 49.4 Å². The molecule has 0 aliphatic heterocycles. The zero-order valence-electron chi connectivity index (χ0n) is 12.0. The van der Waals surface area contributed by atoms with E-state index in [-0.39, 0.29) is 0 Å². The summed E-state index contributed by atoms with van der Waals surface area (Å²) in [6.45, 7) is 6.36. The molecule has 1 fully saturated rings. The van der Waals surface area contributed by atoms with Gasteiger partial charge in [-0.2, -0.15) is 0 Å². The fourth-order valence-electron chi connectivity index (χ4n) is 2.58. The monoisotopic (exact) mass is 280 g/mol. The molecule has 3 heteroatoms. The average Bonchev–Trinajstić information content (AvgIpc) is 3.18. The molecule has 1 aromatic rings. The second-order valence-corrected chi connectivity index (χ2v) is 6.39. The lowest BCUT2D eigenvalue weighted by molar-refractivity contribution is 0.181. The highest BCUT2D eigenvalue weighted by molar-refractivity contribution is 6.30. The standard InChI is InChI=1S/C16H25ClN2/c1-12(2)8-9-19(15-6-7-15)16(11-18)13-4-3-5-14(17)10-13/h3-5,10,12,15-16H,6-9,11,18H2,1-2H3. The maximum atomic E-state index is 6.11. The Bertz CT molecular complexity index is 401. The van der Waals surface area contributed by atoms with Crippen LogP contribution in [0.2, 0.25) is 5.02 Å². The van der Waals surface area contributed by atoms with E-state index in [9.17, 15) is 0 Å². The first-order valence-electron chi connectivity index (χ1n) is 7.33. The highest BCUT2D eigenvalue weighted by Crippen LogP contribution is 2.35. The molecule has 0 heterocycles. The van der Waals surface area contributed by atoms with Crippen LogP contribution in [-0.2, 0) is 0 Å². The fraction of sp³-hybridized carbons (Fsp3) is 0.625. The van der Waals surface area contributed by atoms with Gasteiger partial charge in [0.25, 0.3) is 0 Å². The first-order valence-corrected chi connectivity index (χ1v) is 7.71. The lowest BCUT2D eigenvalue weighted by Crippen LogP contribution is -2.36. The van der Waals surface area contributed by atoms with E-state index in [0.29, 0.717) is 12.6 Å². The number of rotatable bonds is 7. The third-order valence-electron chi connectivity index (χ3n) is 3.84. The summed E-state index contributed by atoms with van der Waals surface area (Å²) in [5, 5.41) is 0.801. The molecule has 2 rings (SSSR count). The minimum Gasteiger partial charge on any atom is -0.329 e. The van der Waals surface area contributed by atoms with Crippen molar-refractivity contribution in [2.24, 2.45) is 11.7 Å². The molecule has 1 unspecified atom stereocenters. The Kier molecular flexibility index (Phi) is 5.26. The van der Waals surface area contributed by atoms with Crippen molar-refractivity contribution in [3.8, 4) is 0 Å². The van der Waals surface area contributed by atoms with Crippen LogP contribution in [0.15, 0.2) is 24.3 Å². The largest absolute Gasteiger partial charge is 0.329 e. The van der Waals surface area contributed by atoms with E-state index in [4.69, 9.17) is 17.3 Å². The van der Waals surface area contributed by atoms with Crippen molar-refractivity contribution in [1.29, 1.82) is 0 Å². The van der Waals surface area contributed by atoms with Gasteiger partial charge in [0.15, 0.2) is 0 Å². The molecule has 1 saturated carbocycles. The average molecular weight is 281 g/mol. The third-order valence-corrected chi connectivity index (χ3v) is 4.07. The van der Waals surface area contributed by atoms with Crippen molar-refractivity contribution in [3.63, 3.8) is 0 Å². The lowest BCUT2D eigenvalue weighted by Gasteiger charge is -2.32. The zero-order chi connectivity index (χ0) is 13.8. The van der Waals surface area contributed by atoms with E-state index >= 15 is 0 Å². The van der Waals surface area contributed by atoms with Crippen LogP contribution in [0, 0.1) is 5.92 Å². The van der Waals surface area contributed by atoms with Crippen molar-refractivity contribution in [2.75, 3.05) is 13.1 Å². The third kappa shape index (κ3) is 4.20. The molecule has 19 heavy (non-hydrogen) atoms. The minimum absolute atomic E-state index is 0.310. The van der Waals surface area contributed by atoms with Crippen LogP contribution >= 0.6 is 11.6 Å². The van der Waals surface area contributed by atoms with E-state index in [1.165, 1.54) is 24.8 Å². The van der Waals surface area contributed by atoms with Crippen molar-refractivity contribution >= 4 is 11.6 Å². The molecule has 0 saturated heterocycles. The van der Waals surface area contributed by atoms with Crippen LogP contribution in [0.1, 0.15) is 44.7 Å². The molecule has 0 amide bonds. The number of benzene rings is 1. The van der Waals surface area contributed by atoms with Crippen LogP contribution in [0.4, 0.5) is 0 Å². The molecule has 0 bridgehead atoms. The maximum absolute atomic E-state index is 6.11.